The molecule has 2 aromatic rings. The third-order valence-electron chi connectivity index (χ3n) is 2.46. The Hall–Kier alpha value is -1.78. The maximum Gasteiger partial charge on any atom is 0.170 e. The Bertz CT molecular complexity index is 563. The average molecular weight is 306 g/mol. The van der Waals surface area contributed by atoms with Crippen molar-refractivity contribution in [3.05, 3.63) is 59.6 Å². The SMILES string of the molecule is S=C(NCCOc1ccccc1Cl)Nc1cc[c]cc1. The summed E-state index contributed by atoms with van der Waals surface area (Å²) in [5.41, 5.74) is 0.924. The second-order valence-electron chi connectivity index (χ2n) is 3.95. The molecule has 103 valence electrons. The molecule has 0 spiro atoms. The van der Waals surface area contributed by atoms with Crippen LogP contribution in [0.5, 0.6) is 5.75 Å². The zero-order valence-corrected chi connectivity index (χ0v) is 12.3. The molecule has 0 amide bonds. The van der Waals surface area contributed by atoms with Crippen molar-refractivity contribution in [1.29, 1.82) is 0 Å². The Morgan fingerprint density at radius 2 is 1.95 bits per heavy atom. The minimum absolute atomic E-state index is 0.480. The number of hydrogen-bond acceptors (Lipinski definition) is 2. The van der Waals surface area contributed by atoms with Gasteiger partial charge in [-0.1, -0.05) is 35.9 Å². The van der Waals surface area contributed by atoms with E-state index in [4.69, 9.17) is 28.6 Å². The molecule has 0 saturated carbocycles. The molecule has 0 atom stereocenters. The molecule has 0 aliphatic rings. The van der Waals surface area contributed by atoms with Gasteiger partial charge in [-0.25, -0.2) is 0 Å². The van der Waals surface area contributed by atoms with Gasteiger partial charge in [0.25, 0.3) is 0 Å². The number of ether oxygens (including phenoxy) is 1. The van der Waals surface area contributed by atoms with Gasteiger partial charge < -0.3 is 15.4 Å². The fourth-order valence-electron chi connectivity index (χ4n) is 1.53. The smallest absolute Gasteiger partial charge is 0.170 e. The van der Waals surface area contributed by atoms with E-state index in [1.165, 1.54) is 0 Å². The number of para-hydroxylation sites is 1. The Kier molecular flexibility index (Phi) is 5.65. The Morgan fingerprint density at radius 1 is 1.20 bits per heavy atom. The first-order valence-electron chi connectivity index (χ1n) is 6.14. The summed E-state index contributed by atoms with van der Waals surface area (Å²) in [6.45, 7) is 1.07. The lowest BCUT2D eigenvalue weighted by atomic mass is 10.3. The highest BCUT2D eigenvalue weighted by Gasteiger charge is 2.00. The minimum atomic E-state index is 0.480. The van der Waals surface area contributed by atoms with Gasteiger partial charge in [0.1, 0.15) is 12.4 Å². The van der Waals surface area contributed by atoms with Gasteiger partial charge in [-0.15, -0.1) is 0 Å². The molecule has 2 aromatic carbocycles. The van der Waals surface area contributed by atoms with E-state index >= 15 is 0 Å². The van der Waals surface area contributed by atoms with Gasteiger partial charge in [0.2, 0.25) is 0 Å². The highest BCUT2D eigenvalue weighted by molar-refractivity contribution is 7.80. The summed E-state index contributed by atoms with van der Waals surface area (Å²) in [6.07, 6.45) is 0. The molecule has 0 aliphatic heterocycles. The second kappa shape index (κ2) is 7.72. The largest absolute Gasteiger partial charge is 0.490 e. The molecule has 0 saturated heterocycles. The van der Waals surface area contributed by atoms with Crippen molar-refractivity contribution in [2.24, 2.45) is 0 Å². The number of nitrogens with one attached hydrogen (secondary N) is 2. The number of benzene rings is 2. The zero-order valence-electron chi connectivity index (χ0n) is 10.7. The number of thiocarbonyl (C=S) groups is 1. The zero-order chi connectivity index (χ0) is 14.2. The van der Waals surface area contributed by atoms with Crippen molar-refractivity contribution in [3.8, 4) is 5.75 Å². The molecule has 0 aromatic heterocycles. The Morgan fingerprint density at radius 3 is 2.70 bits per heavy atom. The summed E-state index contributed by atoms with van der Waals surface area (Å²) in [7, 11) is 0. The van der Waals surface area contributed by atoms with Crippen LogP contribution in [-0.4, -0.2) is 18.3 Å². The van der Waals surface area contributed by atoms with Gasteiger partial charge in [0.15, 0.2) is 5.11 Å². The molecule has 3 nitrogen and oxygen atoms in total. The molecular weight excluding hydrogens is 292 g/mol. The van der Waals surface area contributed by atoms with E-state index in [1.54, 1.807) is 6.07 Å². The number of anilines is 1. The maximum absolute atomic E-state index is 5.99. The first kappa shape index (κ1) is 14.6. The van der Waals surface area contributed by atoms with E-state index in [0.717, 1.165) is 5.69 Å². The van der Waals surface area contributed by atoms with Gasteiger partial charge in [-0.2, -0.15) is 0 Å². The van der Waals surface area contributed by atoms with E-state index in [0.29, 0.717) is 29.0 Å². The van der Waals surface area contributed by atoms with Crippen LogP contribution in [0.4, 0.5) is 5.69 Å². The lowest BCUT2D eigenvalue weighted by Crippen LogP contribution is -2.31. The number of hydrogen-bond donors (Lipinski definition) is 2. The van der Waals surface area contributed by atoms with Gasteiger partial charge in [0.05, 0.1) is 11.6 Å². The molecule has 2 rings (SSSR count). The van der Waals surface area contributed by atoms with Crippen LogP contribution < -0.4 is 15.4 Å². The van der Waals surface area contributed by atoms with Crippen molar-refractivity contribution in [1.82, 2.24) is 5.32 Å². The fourth-order valence-corrected chi connectivity index (χ4v) is 1.94. The van der Waals surface area contributed by atoms with Crippen LogP contribution in [0.25, 0.3) is 0 Å². The van der Waals surface area contributed by atoms with Crippen molar-refractivity contribution < 1.29 is 4.74 Å². The summed E-state index contributed by atoms with van der Waals surface area (Å²) in [5.74, 6) is 0.674. The van der Waals surface area contributed by atoms with E-state index in [2.05, 4.69) is 16.7 Å². The highest BCUT2D eigenvalue weighted by atomic mass is 35.5. The third-order valence-corrected chi connectivity index (χ3v) is 3.02. The molecule has 1 radical (unpaired) electrons. The van der Waals surface area contributed by atoms with Crippen LogP contribution in [0.2, 0.25) is 5.02 Å². The predicted octanol–water partition coefficient (Wildman–Crippen LogP) is 3.51. The van der Waals surface area contributed by atoms with E-state index < -0.39 is 0 Å². The number of rotatable bonds is 5. The predicted molar refractivity (Wildman–Crippen MR) is 86.4 cm³/mol. The maximum atomic E-state index is 5.99. The molecule has 0 heterocycles. The molecule has 0 aliphatic carbocycles. The van der Waals surface area contributed by atoms with Crippen molar-refractivity contribution in [3.63, 3.8) is 0 Å². The Labute approximate surface area is 128 Å². The van der Waals surface area contributed by atoms with Crippen LogP contribution in [0.15, 0.2) is 48.5 Å². The quantitative estimate of drug-likeness (QED) is 0.654. The van der Waals surface area contributed by atoms with Gasteiger partial charge in [-0.3, -0.25) is 0 Å². The van der Waals surface area contributed by atoms with Crippen LogP contribution in [0.3, 0.4) is 0 Å². The minimum Gasteiger partial charge on any atom is -0.490 e. The highest BCUT2D eigenvalue weighted by Crippen LogP contribution is 2.22. The van der Waals surface area contributed by atoms with Gasteiger partial charge >= 0.3 is 0 Å². The van der Waals surface area contributed by atoms with E-state index in [-0.39, 0.29) is 0 Å². The Balaban J connectivity index is 1.69. The summed E-state index contributed by atoms with van der Waals surface area (Å²) in [4.78, 5) is 0. The lowest BCUT2D eigenvalue weighted by molar-refractivity contribution is 0.323. The second-order valence-corrected chi connectivity index (χ2v) is 4.76. The first-order valence-corrected chi connectivity index (χ1v) is 6.92. The van der Waals surface area contributed by atoms with Crippen LogP contribution >= 0.6 is 23.8 Å². The topological polar surface area (TPSA) is 33.3 Å². The molecule has 0 fully saturated rings. The molecular formula is C15H14ClN2OS. The van der Waals surface area contributed by atoms with Crippen LogP contribution in [-0.2, 0) is 0 Å². The monoisotopic (exact) mass is 305 g/mol. The average Bonchev–Trinajstić information content (AvgIpc) is 2.46. The molecule has 0 unspecified atom stereocenters. The van der Waals surface area contributed by atoms with Crippen LogP contribution in [0, 0.1) is 6.07 Å². The van der Waals surface area contributed by atoms with E-state index in [9.17, 15) is 0 Å². The summed E-state index contributed by atoms with van der Waals surface area (Å²) >= 11 is 11.2. The van der Waals surface area contributed by atoms with Gasteiger partial charge in [0, 0.05) is 5.69 Å². The summed E-state index contributed by atoms with van der Waals surface area (Å²) in [6, 6.07) is 17.8. The summed E-state index contributed by atoms with van der Waals surface area (Å²) in [5, 5.41) is 7.29. The van der Waals surface area contributed by atoms with Crippen molar-refractivity contribution >= 4 is 34.6 Å². The van der Waals surface area contributed by atoms with Crippen LogP contribution in [0.1, 0.15) is 0 Å². The fraction of sp³-hybridized carbons (Fsp3) is 0.133. The number of halogens is 1. The van der Waals surface area contributed by atoms with Gasteiger partial charge in [-0.05, 0) is 42.5 Å². The van der Waals surface area contributed by atoms with Crippen molar-refractivity contribution in [2.75, 3.05) is 18.5 Å². The molecule has 20 heavy (non-hydrogen) atoms. The summed E-state index contributed by atoms with van der Waals surface area (Å²) < 4.78 is 5.55. The van der Waals surface area contributed by atoms with E-state index in [1.807, 2.05) is 42.5 Å². The molecule has 0 bridgehead atoms. The normalized spacial score (nSPS) is 9.85. The van der Waals surface area contributed by atoms with Crippen molar-refractivity contribution in [2.45, 2.75) is 0 Å². The first-order chi connectivity index (χ1) is 9.75. The lowest BCUT2D eigenvalue weighted by Gasteiger charge is -2.11. The molecule has 5 heteroatoms. The third kappa shape index (κ3) is 4.72. The molecule has 2 N–H and O–H groups in total. The standard InChI is InChI=1S/C15H14ClN2OS/c16-13-8-4-5-9-14(13)19-11-10-17-15(20)18-12-6-2-1-3-7-12/h2-9H,10-11H2,(H2,17,18,20).